The first-order valence-electron chi connectivity index (χ1n) is 13.0. The van der Waals surface area contributed by atoms with E-state index < -0.39 is 45.1 Å². The molecule has 11 heteroatoms. The van der Waals surface area contributed by atoms with E-state index in [0.717, 1.165) is 19.3 Å². The monoisotopic (exact) mass is 525 g/mol. The van der Waals surface area contributed by atoms with Crippen molar-refractivity contribution >= 4 is 19.8 Å². The molecule has 0 aliphatic rings. The Labute approximate surface area is 210 Å². The molecule has 3 atom stereocenters. The van der Waals surface area contributed by atoms with Gasteiger partial charge >= 0.3 is 19.8 Å². The highest BCUT2D eigenvalue weighted by Crippen LogP contribution is 2.43. The van der Waals surface area contributed by atoms with Gasteiger partial charge in [-0.25, -0.2) is 4.57 Å². The van der Waals surface area contributed by atoms with Gasteiger partial charge in [-0.15, -0.1) is 0 Å². The number of hydrogen-bond donors (Lipinski definition) is 3. The van der Waals surface area contributed by atoms with Gasteiger partial charge in [-0.2, -0.15) is 0 Å². The van der Waals surface area contributed by atoms with Gasteiger partial charge in [0.15, 0.2) is 0 Å². The molecule has 10 nitrogen and oxygen atoms in total. The van der Waals surface area contributed by atoms with E-state index in [2.05, 4.69) is 11.4 Å². The molecule has 0 bridgehead atoms. The van der Waals surface area contributed by atoms with E-state index >= 15 is 0 Å². The quantitative estimate of drug-likeness (QED) is 0.0846. The van der Waals surface area contributed by atoms with Gasteiger partial charge in [0.05, 0.1) is 19.8 Å². The van der Waals surface area contributed by atoms with Crippen LogP contribution in [0.1, 0.15) is 104 Å². The van der Waals surface area contributed by atoms with E-state index in [1.807, 2.05) is 0 Å². The molecular formula is C24H48NO9P. The van der Waals surface area contributed by atoms with Gasteiger partial charge in [-0.3, -0.25) is 18.6 Å². The number of ether oxygens (including phenoxy) is 2. The van der Waals surface area contributed by atoms with Crippen molar-refractivity contribution in [1.29, 1.82) is 0 Å². The topological polar surface area (TPSA) is 155 Å². The molecule has 1 unspecified atom stereocenters. The van der Waals surface area contributed by atoms with Crippen LogP contribution < -0.4 is 5.73 Å². The van der Waals surface area contributed by atoms with Gasteiger partial charge in [0.1, 0.15) is 12.1 Å². The van der Waals surface area contributed by atoms with Crippen molar-refractivity contribution in [3.8, 4) is 0 Å². The van der Waals surface area contributed by atoms with Gasteiger partial charge in [0.2, 0.25) is 0 Å². The molecule has 35 heavy (non-hydrogen) atoms. The largest absolute Gasteiger partial charge is 0.480 e. The molecule has 0 aromatic carbocycles. The Bertz CT molecular complexity index is 591. The van der Waals surface area contributed by atoms with E-state index in [4.69, 9.17) is 24.8 Å². The molecule has 0 aliphatic carbocycles. The molecule has 0 spiro atoms. The minimum Gasteiger partial charge on any atom is -0.480 e. The summed E-state index contributed by atoms with van der Waals surface area (Å²) in [7, 11) is -4.55. The normalized spacial score (nSPS) is 14.9. The Morgan fingerprint density at radius 3 is 1.71 bits per heavy atom. The van der Waals surface area contributed by atoms with Gasteiger partial charge in [-0.05, 0) is 6.42 Å². The van der Waals surface area contributed by atoms with E-state index in [0.29, 0.717) is 6.61 Å². The smallest absolute Gasteiger partial charge is 0.472 e. The number of carboxylic acids is 1. The summed E-state index contributed by atoms with van der Waals surface area (Å²) >= 11 is 0. The van der Waals surface area contributed by atoms with Crippen molar-refractivity contribution in [3.63, 3.8) is 0 Å². The zero-order valence-electron chi connectivity index (χ0n) is 21.7. The molecule has 0 fully saturated rings. The molecule has 208 valence electrons. The van der Waals surface area contributed by atoms with E-state index in [-0.39, 0.29) is 6.61 Å². The van der Waals surface area contributed by atoms with Crippen LogP contribution in [0, 0.1) is 0 Å². The van der Waals surface area contributed by atoms with Crippen molar-refractivity contribution < 1.29 is 42.7 Å². The highest BCUT2D eigenvalue weighted by molar-refractivity contribution is 7.47. The lowest BCUT2D eigenvalue weighted by Crippen LogP contribution is -2.34. The third-order valence-electron chi connectivity index (χ3n) is 5.44. The first kappa shape index (κ1) is 34.0. The zero-order valence-corrected chi connectivity index (χ0v) is 22.6. The van der Waals surface area contributed by atoms with Crippen molar-refractivity contribution in [3.05, 3.63) is 0 Å². The summed E-state index contributed by atoms with van der Waals surface area (Å²) in [4.78, 5) is 31.5. The van der Waals surface area contributed by atoms with Crippen LogP contribution >= 0.6 is 7.82 Å². The molecule has 0 saturated carbocycles. The maximum absolute atomic E-state index is 11.8. The van der Waals surface area contributed by atoms with Crippen LogP contribution in [-0.4, -0.2) is 60.5 Å². The van der Waals surface area contributed by atoms with Gasteiger partial charge in [0.25, 0.3) is 0 Å². The number of nitrogens with two attached hydrogens (primary N) is 1. The second-order valence-electron chi connectivity index (χ2n) is 8.91. The first-order chi connectivity index (χ1) is 16.7. The molecular weight excluding hydrogens is 477 g/mol. The van der Waals surface area contributed by atoms with Crippen molar-refractivity contribution in [2.75, 3.05) is 26.4 Å². The predicted octanol–water partition coefficient (Wildman–Crippen LogP) is 4.96. The predicted molar refractivity (Wildman–Crippen MR) is 134 cm³/mol. The SMILES string of the molecule is CCCCCCCCCCCCCCCCOC[C@H](COP(=O)(O)OC[C@H](N)C(=O)O)OC(C)=O. The summed E-state index contributed by atoms with van der Waals surface area (Å²) in [5, 5.41) is 8.67. The number of carbonyl (C=O) groups excluding carboxylic acids is 1. The molecule has 4 N–H and O–H groups in total. The summed E-state index contributed by atoms with van der Waals surface area (Å²) in [6.07, 6.45) is 16.8. The maximum Gasteiger partial charge on any atom is 0.472 e. The number of carboxylic acid groups (broad SMARTS) is 1. The van der Waals surface area contributed by atoms with Crippen LogP contribution in [0.5, 0.6) is 0 Å². The number of rotatable bonds is 25. The van der Waals surface area contributed by atoms with Crippen LogP contribution in [0.4, 0.5) is 0 Å². The number of aliphatic carboxylic acids is 1. The lowest BCUT2D eigenvalue weighted by atomic mass is 10.0. The highest BCUT2D eigenvalue weighted by Gasteiger charge is 2.27. The number of phosphoric acid groups is 1. The van der Waals surface area contributed by atoms with Crippen molar-refractivity contribution in [2.45, 2.75) is 116 Å². The van der Waals surface area contributed by atoms with Crippen LogP contribution in [0.2, 0.25) is 0 Å². The number of carbonyl (C=O) groups is 2. The van der Waals surface area contributed by atoms with Crippen LogP contribution in [0.15, 0.2) is 0 Å². The molecule has 0 radical (unpaired) electrons. The first-order valence-corrected chi connectivity index (χ1v) is 14.5. The number of unbranched alkanes of at least 4 members (excludes halogenated alkanes) is 13. The number of phosphoric ester groups is 1. The third-order valence-corrected chi connectivity index (χ3v) is 6.39. The molecule has 0 aromatic heterocycles. The maximum atomic E-state index is 11.8. The Balaban J connectivity index is 3.80. The summed E-state index contributed by atoms with van der Waals surface area (Å²) in [5.41, 5.74) is 5.22. The van der Waals surface area contributed by atoms with Gasteiger partial charge in [0, 0.05) is 13.5 Å². The van der Waals surface area contributed by atoms with Crippen molar-refractivity contribution in [1.82, 2.24) is 0 Å². The average molecular weight is 526 g/mol. The number of esters is 1. The molecule has 0 aliphatic heterocycles. The standard InChI is InChI=1S/C24H48NO9P/c1-3-4-5-6-7-8-9-10-11-12-13-14-15-16-17-31-18-22(34-21(2)26)19-32-35(29,30)33-20-23(25)24(27)28/h22-23H,3-20,25H2,1-2H3,(H,27,28)(H,29,30)/t22-,23+/m1/s1. The van der Waals surface area contributed by atoms with Crippen molar-refractivity contribution in [2.24, 2.45) is 5.73 Å². The minimum atomic E-state index is -4.55. The molecule has 0 saturated heterocycles. The molecule has 0 aromatic rings. The molecule has 0 heterocycles. The van der Waals surface area contributed by atoms with Crippen LogP contribution in [0.3, 0.4) is 0 Å². The Morgan fingerprint density at radius 2 is 1.26 bits per heavy atom. The summed E-state index contributed by atoms with van der Waals surface area (Å²) in [5.74, 6) is -1.96. The lowest BCUT2D eigenvalue weighted by molar-refractivity contribution is -0.152. The van der Waals surface area contributed by atoms with E-state index in [1.165, 1.54) is 77.6 Å². The summed E-state index contributed by atoms with van der Waals surface area (Å²) in [6.45, 7) is 2.81. The molecule has 0 rings (SSSR count). The second-order valence-corrected chi connectivity index (χ2v) is 10.4. The Hall–Kier alpha value is -1.03. The zero-order chi connectivity index (χ0) is 26.4. The van der Waals surface area contributed by atoms with Gasteiger partial charge in [-0.1, -0.05) is 90.4 Å². The molecule has 0 amide bonds. The van der Waals surface area contributed by atoms with E-state index in [9.17, 15) is 19.0 Å². The van der Waals surface area contributed by atoms with Crippen LogP contribution in [-0.2, 0) is 32.7 Å². The van der Waals surface area contributed by atoms with Crippen LogP contribution in [0.25, 0.3) is 0 Å². The fourth-order valence-electron chi connectivity index (χ4n) is 3.42. The summed E-state index contributed by atoms with van der Waals surface area (Å²) < 4.78 is 31.7. The third kappa shape index (κ3) is 23.1. The summed E-state index contributed by atoms with van der Waals surface area (Å²) in [6, 6.07) is -1.46. The van der Waals surface area contributed by atoms with Gasteiger partial charge < -0.3 is 25.2 Å². The highest BCUT2D eigenvalue weighted by atomic mass is 31.2. The average Bonchev–Trinajstić information content (AvgIpc) is 2.80. The fourth-order valence-corrected chi connectivity index (χ4v) is 4.20. The Morgan fingerprint density at radius 1 is 0.800 bits per heavy atom. The Kier molecular flexibility index (Phi) is 21.5. The number of hydrogen-bond acceptors (Lipinski definition) is 8. The lowest BCUT2D eigenvalue weighted by Gasteiger charge is -2.19. The van der Waals surface area contributed by atoms with E-state index in [1.54, 1.807) is 0 Å². The minimum absolute atomic E-state index is 0.00661. The second kappa shape index (κ2) is 22.2. The fraction of sp³-hybridized carbons (Fsp3) is 0.917.